The monoisotopic (exact) mass is 302 g/mol. The van der Waals surface area contributed by atoms with Crippen molar-refractivity contribution in [1.29, 1.82) is 0 Å². The third-order valence-corrected chi connectivity index (χ3v) is 3.50. The zero-order valence-corrected chi connectivity index (χ0v) is 12.1. The van der Waals surface area contributed by atoms with Gasteiger partial charge < -0.3 is 4.74 Å². The maximum atomic E-state index is 10.8. The Balaban J connectivity index is 2.42. The van der Waals surface area contributed by atoms with Crippen LogP contribution in [0.2, 0.25) is 0 Å². The number of rotatable bonds is 8. The van der Waals surface area contributed by atoms with Crippen LogP contribution in [0.15, 0.2) is 18.2 Å². The van der Waals surface area contributed by atoms with Crippen LogP contribution in [0.25, 0.3) is 0 Å². The lowest BCUT2D eigenvalue weighted by atomic mass is 10.2. The summed E-state index contributed by atoms with van der Waals surface area (Å²) < 4.78 is 26.8. The van der Waals surface area contributed by atoms with Crippen molar-refractivity contribution in [1.82, 2.24) is 0 Å². The fourth-order valence-corrected chi connectivity index (χ4v) is 2.26. The van der Waals surface area contributed by atoms with Crippen LogP contribution in [0.5, 0.6) is 5.75 Å². The molecule has 0 heterocycles. The van der Waals surface area contributed by atoms with E-state index < -0.39 is 14.9 Å². The molecule has 0 spiro atoms. The summed E-state index contributed by atoms with van der Waals surface area (Å²) in [6.45, 7) is 2.12. The fourth-order valence-electron chi connectivity index (χ4n) is 1.65. The molecule has 7 nitrogen and oxygen atoms in total. The molecule has 0 aromatic heterocycles. The fraction of sp³-hybridized carbons (Fsp3) is 0.500. The molecule has 0 fully saturated rings. The van der Waals surface area contributed by atoms with E-state index in [9.17, 15) is 18.5 Å². The van der Waals surface area contributed by atoms with E-state index >= 15 is 0 Å². The third kappa shape index (κ3) is 5.98. The molecule has 0 bridgehead atoms. The van der Waals surface area contributed by atoms with Crippen LogP contribution in [0, 0.1) is 17.0 Å². The minimum absolute atomic E-state index is 0.0579. The van der Waals surface area contributed by atoms with Gasteiger partial charge in [-0.15, -0.1) is 0 Å². The van der Waals surface area contributed by atoms with Crippen molar-refractivity contribution in [3.63, 3.8) is 0 Å². The van der Waals surface area contributed by atoms with Crippen LogP contribution in [-0.4, -0.2) is 25.7 Å². The molecule has 0 aliphatic carbocycles. The van der Waals surface area contributed by atoms with E-state index in [2.05, 4.69) is 0 Å². The van der Waals surface area contributed by atoms with Gasteiger partial charge >= 0.3 is 5.69 Å². The molecule has 0 radical (unpaired) electrons. The Morgan fingerprint density at radius 2 is 2.00 bits per heavy atom. The lowest BCUT2D eigenvalue weighted by Crippen LogP contribution is -2.16. The molecule has 0 atom stereocenters. The number of aryl methyl sites for hydroxylation is 1. The van der Waals surface area contributed by atoms with Crippen LogP contribution in [0.4, 0.5) is 5.69 Å². The predicted molar refractivity (Wildman–Crippen MR) is 75.2 cm³/mol. The van der Waals surface area contributed by atoms with Crippen molar-refractivity contribution in [3.05, 3.63) is 33.9 Å². The normalized spacial score (nSPS) is 11.3. The number of primary sulfonamides is 1. The van der Waals surface area contributed by atoms with Gasteiger partial charge in [-0.2, -0.15) is 0 Å². The standard InChI is InChI=1S/C12H18N2O5S/c1-10-5-6-11(14(15)16)12(9-10)19-7-3-2-4-8-20(13,17)18/h5-6,9H,2-4,7-8H2,1H3,(H2,13,17,18). The zero-order chi connectivity index (χ0) is 15.2. The quantitative estimate of drug-likeness (QED) is 0.446. The second-order valence-electron chi connectivity index (χ2n) is 4.50. The number of benzene rings is 1. The van der Waals surface area contributed by atoms with Crippen molar-refractivity contribution in [2.75, 3.05) is 12.4 Å². The van der Waals surface area contributed by atoms with Gasteiger partial charge in [0.25, 0.3) is 0 Å². The Kier molecular flexibility index (Phi) is 5.90. The molecule has 1 rings (SSSR count). The second kappa shape index (κ2) is 7.20. The van der Waals surface area contributed by atoms with Crippen molar-refractivity contribution < 1.29 is 18.1 Å². The first kappa shape index (κ1) is 16.4. The van der Waals surface area contributed by atoms with Gasteiger partial charge in [0.2, 0.25) is 10.0 Å². The summed E-state index contributed by atoms with van der Waals surface area (Å²) in [4.78, 5) is 10.3. The molecule has 1 aromatic rings. The van der Waals surface area contributed by atoms with Crippen molar-refractivity contribution in [2.45, 2.75) is 26.2 Å². The molecular weight excluding hydrogens is 284 g/mol. The van der Waals surface area contributed by atoms with Gasteiger partial charge in [0.1, 0.15) is 0 Å². The van der Waals surface area contributed by atoms with Gasteiger partial charge in [0.15, 0.2) is 5.75 Å². The Labute approximate surface area is 117 Å². The molecule has 2 N–H and O–H groups in total. The smallest absolute Gasteiger partial charge is 0.310 e. The third-order valence-electron chi connectivity index (χ3n) is 2.64. The Bertz CT molecular complexity index is 571. The largest absolute Gasteiger partial charge is 0.487 e. The topological polar surface area (TPSA) is 113 Å². The summed E-state index contributed by atoms with van der Waals surface area (Å²) in [6, 6.07) is 4.67. The highest BCUT2D eigenvalue weighted by Gasteiger charge is 2.14. The number of nitrogens with two attached hydrogens (primary N) is 1. The van der Waals surface area contributed by atoms with E-state index in [4.69, 9.17) is 9.88 Å². The van der Waals surface area contributed by atoms with Gasteiger partial charge in [-0.1, -0.05) is 6.07 Å². The number of hydrogen-bond acceptors (Lipinski definition) is 5. The Morgan fingerprint density at radius 3 is 2.60 bits per heavy atom. The van der Waals surface area contributed by atoms with Gasteiger partial charge in [0.05, 0.1) is 17.3 Å². The summed E-state index contributed by atoms with van der Waals surface area (Å²) in [5.41, 5.74) is 0.806. The highest BCUT2D eigenvalue weighted by molar-refractivity contribution is 7.89. The average molecular weight is 302 g/mol. The van der Waals surface area contributed by atoms with E-state index in [1.165, 1.54) is 6.07 Å². The highest BCUT2D eigenvalue weighted by Crippen LogP contribution is 2.27. The van der Waals surface area contributed by atoms with Crippen molar-refractivity contribution in [3.8, 4) is 5.75 Å². The molecule has 1 aromatic carbocycles. The Morgan fingerprint density at radius 1 is 1.30 bits per heavy atom. The van der Waals surface area contributed by atoms with E-state index in [0.717, 1.165) is 5.56 Å². The molecule has 0 aliphatic rings. The van der Waals surface area contributed by atoms with Crippen LogP contribution in [-0.2, 0) is 10.0 Å². The van der Waals surface area contributed by atoms with Crippen molar-refractivity contribution >= 4 is 15.7 Å². The molecule has 0 saturated carbocycles. The lowest BCUT2D eigenvalue weighted by Gasteiger charge is -2.07. The minimum Gasteiger partial charge on any atom is -0.487 e. The molecule has 0 amide bonds. The molecule has 0 saturated heterocycles. The molecule has 112 valence electrons. The number of nitrogens with zero attached hydrogens (tertiary/aromatic N) is 1. The summed E-state index contributed by atoms with van der Waals surface area (Å²) >= 11 is 0. The number of unbranched alkanes of at least 4 members (excludes halogenated alkanes) is 2. The number of ether oxygens (including phenoxy) is 1. The minimum atomic E-state index is -3.42. The van der Waals surface area contributed by atoms with E-state index in [0.29, 0.717) is 25.9 Å². The molecular formula is C12H18N2O5S. The first-order chi connectivity index (χ1) is 9.29. The predicted octanol–water partition coefficient (Wildman–Crippen LogP) is 1.74. The lowest BCUT2D eigenvalue weighted by molar-refractivity contribution is -0.385. The molecule has 20 heavy (non-hydrogen) atoms. The summed E-state index contributed by atoms with van der Waals surface area (Å²) in [5, 5.41) is 15.7. The summed E-state index contributed by atoms with van der Waals surface area (Å²) in [7, 11) is -3.42. The van der Waals surface area contributed by atoms with Gasteiger partial charge in [-0.05, 0) is 37.8 Å². The highest BCUT2D eigenvalue weighted by atomic mass is 32.2. The number of sulfonamides is 1. The van der Waals surface area contributed by atoms with E-state index in [1.54, 1.807) is 12.1 Å². The van der Waals surface area contributed by atoms with Crippen molar-refractivity contribution in [2.24, 2.45) is 5.14 Å². The van der Waals surface area contributed by atoms with Gasteiger partial charge in [0, 0.05) is 6.07 Å². The average Bonchev–Trinajstić information content (AvgIpc) is 2.32. The van der Waals surface area contributed by atoms with Crippen LogP contribution >= 0.6 is 0 Å². The number of nitro benzene ring substituents is 1. The maximum Gasteiger partial charge on any atom is 0.310 e. The molecule has 0 aliphatic heterocycles. The summed E-state index contributed by atoms with van der Waals surface area (Å²) in [5.74, 6) is 0.180. The van der Waals surface area contributed by atoms with Crippen LogP contribution in [0.1, 0.15) is 24.8 Å². The van der Waals surface area contributed by atoms with E-state index in [1.807, 2.05) is 6.92 Å². The molecule has 0 unspecified atom stereocenters. The van der Waals surface area contributed by atoms with Gasteiger partial charge in [-0.25, -0.2) is 13.6 Å². The SMILES string of the molecule is Cc1ccc([N+](=O)[O-])c(OCCCCCS(N)(=O)=O)c1. The second-order valence-corrected chi connectivity index (χ2v) is 6.24. The first-order valence-electron chi connectivity index (χ1n) is 6.18. The summed E-state index contributed by atoms with van der Waals surface area (Å²) in [6.07, 6.45) is 1.70. The maximum absolute atomic E-state index is 10.8. The van der Waals surface area contributed by atoms with Crippen LogP contribution in [0.3, 0.4) is 0 Å². The number of hydrogen-bond donors (Lipinski definition) is 1. The Hall–Kier alpha value is -1.67. The van der Waals surface area contributed by atoms with Gasteiger partial charge in [-0.3, -0.25) is 10.1 Å². The zero-order valence-electron chi connectivity index (χ0n) is 11.2. The van der Waals surface area contributed by atoms with Crippen LogP contribution < -0.4 is 9.88 Å². The van der Waals surface area contributed by atoms with E-state index in [-0.39, 0.29) is 17.2 Å². The number of nitro groups is 1. The molecule has 8 heteroatoms. The first-order valence-corrected chi connectivity index (χ1v) is 7.89.